The highest BCUT2D eigenvalue weighted by Gasteiger charge is 2.28. The number of hydrogen-bond donors (Lipinski definition) is 0. The Bertz CT molecular complexity index is 640. The van der Waals surface area contributed by atoms with E-state index in [1.807, 2.05) is 29.2 Å². The van der Waals surface area contributed by atoms with Gasteiger partial charge >= 0.3 is 0 Å². The van der Waals surface area contributed by atoms with Crippen LogP contribution in [0.15, 0.2) is 24.3 Å². The van der Waals surface area contributed by atoms with E-state index in [2.05, 4.69) is 11.8 Å². The second-order valence-electron chi connectivity index (χ2n) is 5.64. The Balaban J connectivity index is 2.15. The van der Waals surface area contributed by atoms with E-state index in [1.165, 1.54) is 0 Å². The third-order valence-corrected chi connectivity index (χ3v) is 4.51. The molecule has 1 aliphatic rings. The van der Waals surface area contributed by atoms with Crippen molar-refractivity contribution in [3.05, 3.63) is 34.9 Å². The van der Waals surface area contributed by atoms with E-state index in [0.717, 1.165) is 18.4 Å². The van der Waals surface area contributed by atoms with Crippen molar-refractivity contribution in [2.75, 3.05) is 13.1 Å². The molecule has 0 atom stereocenters. The number of nitrogens with zero attached hydrogens (tertiary/aromatic N) is 2. The highest BCUT2D eigenvalue weighted by atomic mass is 35.5. The van der Waals surface area contributed by atoms with Crippen molar-refractivity contribution in [3.63, 3.8) is 0 Å². The molecule has 1 heterocycles. The van der Waals surface area contributed by atoms with Crippen molar-refractivity contribution < 1.29 is 9.59 Å². The molecule has 0 radical (unpaired) electrons. The van der Waals surface area contributed by atoms with E-state index in [-0.39, 0.29) is 17.9 Å². The SMILES string of the molecule is CC#CC(=O)N(Cc1ccccc1Cl)C1CCN(C(C)=O)CC1. The van der Waals surface area contributed by atoms with Gasteiger partial charge in [0.1, 0.15) is 0 Å². The summed E-state index contributed by atoms with van der Waals surface area (Å²) in [5, 5.41) is 0.649. The van der Waals surface area contributed by atoms with Crippen LogP contribution in [0.3, 0.4) is 0 Å². The fourth-order valence-corrected chi connectivity index (χ4v) is 3.04. The van der Waals surface area contributed by atoms with Crippen LogP contribution in [0.4, 0.5) is 0 Å². The summed E-state index contributed by atoms with van der Waals surface area (Å²) in [7, 11) is 0. The molecule has 2 rings (SSSR count). The first-order valence-electron chi connectivity index (χ1n) is 7.75. The summed E-state index contributed by atoms with van der Waals surface area (Å²) in [6.45, 7) is 5.02. The molecule has 0 aromatic heterocycles. The van der Waals surface area contributed by atoms with E-state index >= 15 is 0 Å². The minimum Gasteiger partial charge on any atom is -0.343 e. The number of carbonyl (C=O) groups is 2. The number of carbonyl (C=O) groups excluding carboxylic acids is 2. The van der Waals surface area contributed by atoms with E-state index in [9.17, 15) is 9.59 Å². The number of rotatable bonds is 3. The average molecular weight is 333 g/mol. The Morgan fingerprint density at radius 1 is 1.30 bits per heavy atom. The van der Waals surface area contributed by atoms with Crippen LogP contribution in [0.1, 0.15) is 32.3 Å². The molecule has 0 spiro atoms. The van der Waals surface area contributed by atoms with Gasteiger partial charge in [-0.15, -0.1) is 0 Å². The number of piperidine rings is 1. The fourth-order valence-electron chi connectivity index (χ4n) is 2.85. The molecule has 0 unspecified atom stereocenters. The Kier molecular flexibility index (Phi) is 6.06. The minimum atomic E-state index is -0.186. The van der Waals surface area contributed by atoms with Crippen molar-refractivity contribution >= 4 is 23.4 Å². The molecule has 0 N–H and O–H groups in total. The Hall–Kier alpha value is -1.99. The molecule has 0 aliphatic carbocycles. The quantitative estimate of drug-likeness (QED) is 0.798. The van der Waals surface area contributed by atoms with Gasteiger partial charge in [-0.05, 0) is 37.3 Å². The standard InChI is InChI=1S/C18H21ClN2O2/c1-3-6-18(23)21(13-15-7-4-5-8-17(15)19)16-9-11-20(12-10-16)14(2)22/h4-5,7-8,16H,9-13H2,1-2H3. The van der Waals surface area contributed by atoms with Gasteiger partial charge in [0.2, 0.25) is 5.91 Å². The van der Waals surface area contributed by atoms with Crippen molar-refractivity contribution in [3.8, 4) is 11.8 Å². The maximum atomic E-state index is 12.4. The van der Waals surface area contributed by atoms with Gasteiger partial charge in [-0.3, -0.25) is 9.59 Å². The lowest BCUT2D eigenvalue weighted by atomic mass is 10.0. The average Bonchev–Trinajstić information content (AvgIpc) is 2.54. The zero-order valence-electron chi connectivity index (χ0n) is 13.5. The molecule has 5 heteroatoms. The van der Waals surface area contributed by atoms with Crippen LogP contribution >= 0.6 is 11.6 Å². The highest BCUT2D eigenvalue weighted by molar-refractivity contribution is 6.31. The molecular formula is C18H21ClN2O2. The number of amides is 2. The first-order chi connectivity index (χ1) is 11.0. The van der Waals surface area contributed by atoms with Gasteiger partial charge in [-0.1, -0.05) is 35.7 Å². The zero-order chi connectivity index (χ0) is 16.8. The fraction of sp³-hybridized carbons (Fsp3) is 0.444. The minimum absolute atomic E-state index is 0.0789. The Morgan fingerprint density at radius 3 is 2.52 bits per heavy atom. The number of halogens is 1. The third-order valence-electron chi connectivity index (χ3n) is 4.14. The molecule has 2 amide bonds. The number of likely N-dealkylation sites (tertiary alicyclic amines) is 1. The molecule has 0 saturated carbocycles. The monoisotopic (exact) mass is 332 g/mol. The summed E-state index contributed by atoms with van der Waals surface area (Å²) in [5.74, 6) is 5.20. The van der Waals surface area contributed by atoms with Gasteiger partial charge in [0, 0.05) is 37.6 Å². The predicted octanol–water partition coefficient (Wildman–Crippen LogP) is 2.70. The van der Waals surface area contributed by atoms with Crippen LogP contribution in [0, 0.1) is 11.8 Å². The summed E-state index contributed by atoms with van der Waals surface area (Å²) in [6.07, 6.45) is 1.53. The maximum Gasteiger partial charge on any atom is 0.299 e. The molecule has 1 aromatic carbocycles. The lowest BCUT2D eigenvalue weighted by molar-refractivity contribution is -0.132. The Morgan fingerprint density at radius 2 is 1.96 bits per heavy atom. The van der Waals surface area contributed by atoms with Crippen molar-refractivity contribution in [2.45, 2.75) is 39.3 Å². The largest absolute Gasteiger partial charge is 0.343 e. The molecule has 1 saturated heterocycles. The van der Waals surface area contributed by atoms with Gasteiger partial charge in [0.05, 0.1) is 0 Å². The Labute approximate surface area is 142 Å². The van der Waals surface area contributed by atoms with E-state index in [0.29, 0.717) is 24.7 Å². The van der Waals surface area contributed by atoms with E-state index in [4.69, 9.17) is 11.6 Å². The molecule has 122 valence electrons. The van der Waals surface area contributed by atoms with Crippen molar-refractivity contribution in [1.29, 1.82) is 0 Å². The summed E-state index contributed by atoms with van der Waals surface area (Å²) in [4.78, 5) is 27.5. The van der Waals surface area contributed by atoms with Crippen molar-refractivity contribution in [2.24, 2.45) is 0 Å². The second kappa shape index (κ2) is 8.03. The molecule has 1 fully saturated rings. The van der Waals surface area contributed by atoms with Crippen LogP contribution in [0.2, 0.25) is 5.02 Å². The van der Waals surface area contributed by atoms with Gasteiger partial charge in [-0.25, -0.2) is 0 Å². The third kappa shape index (κ3) is 4.49. The molecule has 1 aliphatic heterocycles. The lowest BCUT2D eigenvalue weighted by Gasteiger charge is -2.37. The van der Waals surface area contributed by atoms with Gasteiger partial charge < -0.3 is 9.80 Å². The van der Waals surface area contributed by atoms with E-state index in [1.54, 1.807) is 18.7 Å². The molecule has 0 bridgehead atoms. The molecule has 4 nitrogen and oxygen atoms in total. The van der Waals surface area contributed by atoms with Crippen LogP contribution in [-0.2, 0) is 16.1 Å². The summed E-state index contributed by atoms with van der Waals surface area (Å²) >= 11 is 6.23. The van der Waals surface area contributed by atoms with Gasteiger partial charge in [-0.2, -0.15) is 0 Å². The highest BCUT2D eigenvalue weighted by Crippen LogP contribution is 2.22. The van der Waals surface area contributed by atoms with Gasteiger partial charge in [0.25, 0.3) is 5.91 Å². The maximum absolute atomic E-state index is 12.4. The first-order valence-corrected chi connectivity index (χ1v) is 8.13. The van der Waals surface area contributed by atoms with Crippen LogP contribution in [-0.4, -0.2) is 40.7 Å². The van der Waals surface area contributed by atoms with Crippen LogP contribution in [0.25, 0.3) is 0 Å². The molecule has 23 heavy (non-hydrogen) atoms. The molecular weight excluding hydrogens is 312 g/mol. The summed E-state index contributed by atoms with van der Waals surface area (Å²) in [5.41, 5.74) is 0.911. The second-order valence-corrected chi connectivity index (χ2v) is 6.04. The first kappa shape index (κ1) is 17.4. The van der Waals surface area contributed by atoms with Crippen molar-refractivity contribution in [1.82, 2.24) is 9.80 Å². The predicted molar refractivity (Wildman–Crippen MR) is 90.7 cm³/mol. The summed E-state index contributed by atoms with van der Waals surface area (Å²) < 4.78 is 0. The number of hydrogen-bond acceptors (Lipinski definition) is 2. The van der Waals surface area contributed by atoms with Gasteiger partial charge in [0.15, 0.2) is 0 Å². The van der Waals surface area contributed by atoms with E-state index < -0.39 is 0 Å². The topological polar surface area (TPSA) is 40.6 Å². The van der Waals surface area contributed by atoms with Crippen LogP contribution < -0.4 is 0 Å². The number of benzene rings is 1. The summed E-state index contributed by atoms with van der Waals surface area (Å²) in [6, 6.07) is 7.61. The normalized spacial score (nSPS) is 14.8. The van der Waals surface area contributed by atoms with Crippen LogP contribution in [0.5, 0.6) is 0 Å². The molecule has 1 aromatic rings. The zero-order valence-corrected chi connectivity index (χ0v) is 14.3. The smallest absolute Gasteiger partial charge is 0.299 e. The lowest BCUT2D eigenvalue weighted by Crippen LogP contribution is -2.47.